The molecule has 25 heavy (non-hydrogen) atoms. The number of hydrogen-bond donors (Lipinski definition) is 1. The Morgan fingerprint density at radius 2 is 1.60 bits per heavy atom. The summed E-state index contributed by atoms with van der Waals surface area (Å²) in [5, 5.41) is 5.10. The second-order valence-corrected chi connectivity index (χ2v) is 6.73. The van der Waals surface area contributed by atoms with Crippen molar-refractivity contribution >= 4 is 40.5 Å². The first kappa shape index (κ1) is 17.9. The van der Waals surface area contributed by atoms with E-state index >= 15 is 0 Å². The molecule has 0 aromatic heterocycles. The zero-order valence-corrected chi connectivity index (χ0v) is 15.6. The third kappa shape index (κ3) is 5.05. The van der Waals surface area contributed by atoms with Crippen molar-refractivity contribution in [2.24, 2.45) is 0 Å². The molecule has 0 fully saturated rings. The van der Waals surface area contributed by atoms with E-state index in [0.29, 0.717) is 28.2 Å². The Morgan fingerprint density at radius 3 is 2.40 bits per heavy atom. The number of hydrogen-bond acceptors (Lipinski definition) is 2. The molecule has 0 amide bonds. The van der Waals surface area contributed by atoms with Crippen LogP contribution in [0.2, 0.25) is 15.1 Å². The third-order valence-electron chi connectivity index (χ3n) is 3.67. The monoisotopic (exact) mass is 391 g/mol. The van der Waals surface area contributed by atoms with Gasteiger partial charge in [0, 0.05) is 22.8 Å². The highest BCUT2D eigenvalue weighted by atomic mass is 35.5. The summed E-state index contributed by atoms with van der Waals surface area (Å²) in [6.07, 6.45) is 0. The van der Waals surface area contributed by atoms with E-state index < -0.39 is 0 Å². The average molecular weight is 393 g/mol. The van der Waals surface area contributed by atoms with E-state index in [4.69, 9.17) is 39.5 Å². The zero-order valence-electron chi connectivity index (χ0n) is 13.3. The first-order chi connectivity index (χ1) is 12.1. The molecule has 3 aromatic rings. The summed E-state index contributed by atoms with van der Waals surface area (Å²) in [5.41, 5.74) is 2.98. The summed E-state index contributed by atoms with van der Waals surface area (Å²) in [6.45, 7) is 1.09. The molecule has 0 bridgehead atoms. The lowest BCUT2D eigenvalue weighted by molar-refractivity contribution is 0.306. The van der Waals surface area contributed by atoms with Crippen molar-refractivity contribution in [1.82, 2.24) is 0 Å². The van der Waals surface area contributed by atoms with Gasteiger partial charge < -0.3 is 10.1 Å². The molecule has 0 aliphatic rings. The van der Waals surface area contributed by atoms with Gasteiger partial charge in [-0.05, 0) is 42.0 Å². The van der Waals surface area contributed by atoms with Gasteiger partial charge in [-0.1, -0.05) is 65.1 Å². The summed E-state index contributed by atoms with van der Waals surface area (Å²) in [7, 11) is 0. The Hall–Kier alpha value is -1.87. The first-order valence-corrected chi connectivity index (χ1v) is 8.89. The lowest BCUT2D eigenvalue weighted by Crippen LogP contribution is -2.01. The highest BCUT2D eigenvalue weighted by Gasteiger charge is 2.03. The summed E-state index contributed by atoms with van der Waals surface area (Å²) >= 11 is 18.1. The minimum atomic E-state index is 0.434. The lowest BCUT2D eigenvalue weighted by atomic mass is 10.2. The van der Waals surface area contributed by atoms with Crippen LogP contribution in [0.25, 0.3) is 0 Å². The van der Waals surface area contributed by atoms with Crippen molar-refractivity contribution in [2.45, 2.75) is 13.2 Å². The van der Waals surface area contributed by atoms with E-state index in [1.165, 1.54) is 0 Å². The van der Waals surface area contributed by atoms with Crippen molar-refractivity contribution in [3.8, 4) is 5.75 Å². The molecule has 3 aromatic carbocycles. The molecular weight excluding hydrogens is 377 g/mol. The molecule has 0 radical (unpaired) electrons. The Morgan fingerprint density at radius 1 is 0.760 bits per heavy atom. The van der Waals surface area contributed by atoms with E-state index in [1.807, 2.05) is 60.7 Å². The molecule has 5 heteroatoms. The molecule has 0 saturated heterocycles. The Kier molecular flexibility index (Phi) is 6.09. The largest absolute Gasteiger partial charge is 0.489 e. The van der Waals surface area contributed by atoms with E-state index in [2.05, 4.69) is 5.32 Å². The predicted octanol–water partition coefficient (Wildman–Crippen LogP) is 6.84. The van der Waals surface area contributed by atoms with Gasteiger partial charge >= 0.3 is 0 Å². The molecule has 0 spiro atoms. The molecule has 1 N–H and O–H groups in total. The smallest absolute Gasteiger partial charge is 0.120 e. The predicted molar refractivity (Wildman–Crippen MR) is 106 cm³/mol. The van der Waals surface area contributed by atoms with Crippen LogP contribution >= 0.6 is 34.8 Å². The maximum Gasteiger partial charge on any atom is 0.120 e. The van der Waals surface area contributed by atoms with Crippen molar-refractivity contribution < 1.29 is 4.74 Å². The van der Waals surface area contributed by atoms with Gasteiger partial charge in [-0.3, -0.25) is 0 Å². The normalized spacial score (nSPS) is 10.5. The molecule has 0 saturated carbocycles. The van der Waals surface area contributed by atoms with Crippen LogP contribution in [0.15, 0.2) is 66.7 Å². The Bertz CT molecular complexity index is 867. The van der Waals surface area contributed by atoms with Gasteiger partial charge in [0.1, 0.15) is 12.4 Å². The molecule has 128 valence electrons. The minimum absolute atomic E-state index is 0.434. The fourth-order valence-corrected chi connectivity index (χ4v) is 2.82. The number of anilines is 1. The lowest BCUT2D eigenvalue weighted by Gasteiger charge is -2.11. The molecule has 0 aliphatic carbocycles. The first-order valence-electron chi connectivity index (χ1n) is 7.76. The molecule has 2 nitrogen and oxygen atoms in total. The minimum Gasteiger partial charge on any atom is -0.489 e. The topological polar surface area (TPSA) is 21.3 Å². The fraction of sp³-hybridized carbons (Fsp3) is 0.100. The van der Waals surface area contributed by atoms with Crippen molar-refractivity contribution in [3.05, 3.63) is 92.9 Å². The van der Waals surface area contributed by atoms with Gasteiger partial charge in [0.25, 0.3) is 0 Å². The van der Waals surface area contributed by atoms with Gasteiger partial charge in [-0.15, -0.1) is 0 Å². The molecule has 0 unspecified atom stereocenters. The second kappa shape index (κ2) is 8.48. The zero-order chi connectivity index (χ0) is 17.6. The molecule has 0 atom stereocenters. The highest BCUT2D eigenvalue weighted by Crippen LogP contribution is 2.25. The van der Waals surface area contributed by atoms with Crippen LogP contribution in [0, 0.1) is 0 Å². The van der Waals surface area contributed by atoms with Crippen LogP contribution in [-0.4, -0.2) is 0 Å². The quantitative estimate of drug-likeness (QED) is 0.496. The van der Waals surface area contributed by atoms with Gasteiger partial charge in [-0.25, -0.2) is 0 Å². The third-order valence-corrected chi connectivity index (χ3v) is 4.77. The van der Waals surface area contributed by atoms with Crippen LogP contribution in [0.4, 0.5) is 5.69 Å². The van der Waals surface area contributed by atoms with Crippen LogP contribution in [0.3, 0.4) is 0 Å². The number of nitrogens with one attached hydrogen (secondary N) is 1. The van der Waals surface area contributed by atoms with Gasteiger partial charge in [0.15, 0.2) is 0 Å². The van der Waals surface area contributed by atoms with Gasteiger partial charge in [-0.2, -0.15) is 0 Å². The van der Waals surface area contributed by atoms with E-state index in [1.54, 1.807) is 6.07 Å². The summed E-state index contributed by atoms with van der Waals surface area (Å²) in [4.78, 5) is 0. The fourth-order valence-electron chi connectivity index (χ4n) is 2.33. The van der Waals surface area contributed by atoms with Gasteiger partial charge in [0.05, 0.1) is 10.0 Å². The maximum atomic E-state index is 6.15. The van der Waals surface area contributed by atoms with Gasteiger partial charge in [0.2, 0.25) is 0 Å². The van der Waals surface area contributed by atoms with Crippen LogP contribution in [-0.2, 0) is 13.2 Å². The number of halogens is 3. The summed E-state index contributed by atoms with van der Waals surface area (Å²) in [6, 6.07) is 21.1. The van der Waals surface area contributed by atoms with E-state index in [-0.39, 0.29) is 0 Å². The maximum absolute atomic E-state index is 6.15. The Labute approximate surface area is 162 Å². The molecule has 0 heterocycles. The molecule has 3 rings (SSSR count). The Balaban J connectivity index is 1.61. The van der Waals surface area contributed by atoms with Crippen molar-refractivity contribution in [1.29, 1.82) is 0 Å². The molecular formula is C20H16Cl3NO. The van der Waals surface area contributed by atoms with Crippen LogP contribution in [0.1, 0.15) is 11.1 Å². The van der Waals surface area contributed by atoms with Crippen molar-refractivity contribution in [2.75, 3.05) is 5.32 Å². The summed E-state index contributed by atoms with van der Waals surface area (Å²) < 4.78 is 5.85. The van der Waals surface area contributed by atoms with Crippen LogP contribution in [0.5, 0.6) is 5.75 Å². The average Bonchev–Trinajstić information content (AvgIpc) is 2.62. The number of ether oxygens (including phenoxy) is 1. The number of benzene rings is 3. The number of rotatable bonds is 6. The van der Waals surface area contributed by atoms with Crippen LogP contribution < -0.4 is 10.1 Å². The SMILES string of the molecule is Clc1ccc(NCc2cccc(OCc3ccccc3Cl)c2)cc1Cl. The second-order valence-electron chi connectivity index (χ2n) is 5.51. The highest BCUT2D eigenvalue weighted by molar-refractivity contribution is 6.42. The summed E-state index contributed by atoms with van der Waals surface area (Å²) in [5.74, 6) is 0.799. The van der Waals surface area contributed by atoms with E-state index in [9.17, 15) is 0 Å². The molecule has 0 aliphatic heterocycles. The standard InChI is InChI=1S/C20H16Cl3NO/c21-18-7-2-1-5-15(18)13-25-17-6-3-4-14(10-17)12-24-16-8-9-19(22)20(23)11-16/h1-11,24H,12-13H2. The van der Waals surface area contributed by atoms with E-state index in [0.717, 1.165) is 22.6 Å². The van der Waals surface area contributed by atoms with Crippen molar-refractivity contribution in [3.63, 3.8) is 0 Å².